The van der Waals surface area contributed by atoms with Crippen LogP contribution in [-0.2, 0) is 9.53 Å². The van der Waals surface area contributed by atoms with Crippen molar-refractivity contribution in [1.29, 1.82) is 0 Å². The van der Waals surface area contributed by atoms with Crippen LogP contribution in [0.1, 0.15) is 24.0 Å². The summed E-state index contributed by atoms with van der Waals surface area (Å²) < 4.78 is 12.8. The minimum absolute atomic E-state index is 0.0641. The van der Waals surface area contributed by atoms with Crippen molar-refractivity contribution in [2.45, 2.75) is 18.9 Å². The third-order valence-electron chi connectivity index (χ3n) is 3.99. The van der Waals surface area contributed by atoms with E-state index in [9.17, 15) is 9.59 Å². The van der Waals surface area contributed by atoms with Gasteiger partial charge in [0.1, 0.15) is 12.6 Å². The van der Waals surface area contributed by atoms with Gasteiger partial charge in [-0.25, -0.2) is 4.79 Å². The Morgan fingerprint density at radius 2 is 1.70 bits per heavy atom. The number of benzene rings is 2. The number of amides is 1. The SMILES string of the molecule is [2H]N(C(=O)OCC1c2ccccc2-c2ccccc21)[C@@H](C)C(=O)O. The first-order chi connectivity index (χ1) is 11.5. The standard InChI is InChI=1S/C18H17NO4/c1-11(17(20)21)19-18(22)23-10-16-14-8-4-2-6-12(14)13-7-3-5-9-15(13)16/h2-9,11,16H,10H2,1H3,(H,19,22)(H,20,21)/t11-/m0/s1/i/hD. The van der Waals surface area contributed by atoms with Gasteiger partial charge in [-0.2, -0.15) is 0 Å². The van der Waals surface area contributed by atoms with Crippen molar-refractivity contribution in [1.82, 2.24) is 5.31 Å². The molecule has 0 radical (unpaired) electrons. The van der Waals surface area contributed by atoms with E-state index in [1.54, 1.807) is 0 Å². The Labute approximate surface area is 135 Å². The summed E-state index contributed by atoms with van der Waals surface area (Å²) in [5, 5.41) is 9.21. The molecule has 1 atom stereocenters. The molecule has 0 heterocycles. The molecule has 0 bridgehead atoms. The number of rotatable bonds is 4. The predicted octanol–water partition coefficient (Wildman–Crippen LogP) is 3.00. The van der Waals surface area contributed by atoms with Crippen LogP contribution in [0.4, 0.5) is 4.79 Å². The molecule has 1 amide bonds. The normalized spacial score (nSPS) is 14.4. The molecule has 1 aliphatic carbocycles. The highest BCUT2D eigenvalue weighted by Gasteiger charge is 2.29. The molecule has 5 nitrogen and oxygen atoms in total. The van der Waals surface area contributed by atoms with Gasteiger partial charge in [0.2, 0.25) is 0 Å². The highest BCUT2D eigenvalue weighted by molar-refractivity contribution is 5.80. The van der Waals surface area contributed by atoms with Gasteiger partial charge in [-0.3, -0.25) is 4.79 Å². The fourth-order valence-corrected chi connectivity index (χ4v) is 2.84. The van der Waals surface area contributed by atoms with Crippen LogP contribution in [0.3, 0.4) is 0 Å². The number of aliphatic carboxylic acids is 1. The van der Waals surface area contributed by atoms with Crippen LogP contribution in [-0.4, -0.2) is 29.8 Å². The third-order valence-corrected chi connectivity index (χ3v) is 3.99. The monoisotopic (exact) mass is 312 g/mol. The van der Waals surface area contributed by atoms with Crippen LogP contribution in [0.25, 0.3) is 11.1 Å². The lowest BCUT2D eigenvalue weighted by molar-refractivity contribution is -0.138. The summed E-state index contributed by atoms with van der Waals surface area (Å²) in [6, 6.07) is 14.6. The summed E-state index contributed by atoms with van der Waals surface area (Å²) in [6.45, 7) is 1.32. The molecule has 23 heavy (non-hydrogen) atoms. The Bertz CT molecular complexity index is 747. The van der Waals surface area contributed by atoms with Crippen molar-refractivity contribution in [3.8, 4) is 11.1 Å². The first-order valence-electron chi connectivity index (χ1n) is 7.81. The third kappa shape index (κ3) is 2.90. The molecule has 118 valence electrons. The minimum Gasteiger partial charge on any atom is -0.480 e. The van der Waals surface area contributed by atoms with E-state index in [2.05, 4.69) is 0 Å². The second-order valence-corrected chi connectivity index (χ2v) is 5.45. The zero-order chi connectivity index (χ0) is 17.3. The molecule has 2 aromatic rings. The maximum atomic E-state index is 11.9. The van der Waals surface area contributed by atoms with E-state index in [0.29, 0.717) is 5.31 Å². The molecular weight excluding hydrogens is 294 g/mol. The van der Waals surface area contributed by atoms with Crippen molar-refractivity contribution in [3.05, 3.63) is 59.7 Å². The number of ether oxygens (including phenoxy) is 1. The van der Waals surface area contributed by atoms with Gasteiger partial charge in [-0.15, -0.1) is 0 Å². The molecule has 2 N–H and O–H groups in total. The van der Waals surface area contributed by atoms with Gasteiger partial charge in [-0.1, -0.05) is 48.5 Å². The summed E-state index contributed by atoms with van der Waals surface area (Å²) >= 11 is 0. The van der Waals surface area contributed by atoms with Crippen LogP contribution in [0.5, 0.6) is 0 Å². The highest BCUT2D eigenvalue weighted by atomic mass is 16.5. The second-order valence-electron chi connectivity index (χ2n) is 5.45. The quantitative estimate of drug-likeness (QED) is 0.910. The highest BCUT2D eigenvalue weighted by Crippen LogP contribution is 2.44. The van der Waals surface area contributed by atoms with Crippen LogP contribution in [0.2, 0.25) is 1.41 Å². The largest absolute Gasteiger partial charge is 0.480 e. The molecule has 0 spiro atoms. The first-order valence-corrected chi connectivity index (χ1v) is 7.36. The Morgan fingerprint density at radius 1 is 1.17 bits per heavy atom. The number of alkyl carbamates (subject to hydrolysis) is 1. The van der Waals surface area contributed by atoms with Gasteiger partial charge in [0, 0.05) is 5.92 Å². The number of hydrogen-bond acceptors (Lipinski definition) is 3. The molecule has 0 aliphatic heterocycles. The number of fused-ring (bicyclic) bond motifs is 3. The maximum Gasteiger partial charge on any atom is 0.407 e. The summed E-state index contributed by atoms with van der Waals surface area (Å²) in [7, 11) is 0. The average Bonchev–Trinajstić information content (AvgIpc) is 2.92. The molecule has 0 saturated carbocycles. The van der Waals surface area contributed by atoms with Gasteiger partial charge in [0.15, 0.2) is 1.41 Å². The maximum absolute atomic E-state index is 11.9. The molecule has 3 rings (SSSR count). The van der Waals surface area contributed by atoms with Crippen LogP contribution < -0.4 is 5.31 Å². The zero-order valence-electron chi connectivity index (χ0n) is 13.6. The van der Waals surface area contributed by atoms with Gasteiger partial charge < -0.3 is 15.2 Å². The van der Waals surface area contributed by atoms with E-state index in [1.165, 1.54) is 6.92 Å². The number of hydrogen-bond donors (Lipinski definition) is 2. The summed E-state index contributed by atoms with van der Waals surface area (Å²) in [6.07, 6.45) is -0.966. The number of carbonyl (C=O) groups excluding carboxylic acids is 1. The molecule has 0 unspecified atom stereocenters. The Kier molecular flexibility index (Phi) is 3.68. The van der Waals surface area contributed by atoms with Crippen LogP contribution in [0, 0.1) is 0 Å². The van der Waals surface area contributed by atoms with E-state index in [0.717, 1.165) is 22.3 Å². The smallest absolute Gasteiger partial charge is 0.407 e. The van der Waals surface area contributed by atoms with Gasteiger partial charge in [-0.05, 0) is 29.2 Å². The predicted molar refractivity (Wildman–Crippen MR) is 85.3 cm³/mol. The van der Waals surface area contributed by atoms with Gasteiger partial charge in [0.25, 0.3) is 0 Å². The lowest BCUT2D eigenvalue weighted by atomic mass is 9.98. The van der Waals surface area contributed by atoms with E-state index in [4.69, 9.17) is 11.3 Å². The Balaban J connectivity index is 1.79. The molecule has 5 heteroatoms. The molecular formula is C18H17NO4. The van der Waals surface area contributed by atoms with E-state index < -0.39 is 18.1 Å². The van der Waals surface area contributed by atoms with E-state index in [1.807, 2.05) is 48.5 Å². The Hall–Kier alpha value is -2.82. The fourth-order valence-electron chi connectivity index (χ4n) is 2.84. The first kappa shape index (κ1) is 13.8. The number of carboxylic acids is 1. The summed E-state index contributed by atoms with van der Waals surface area (Å²) in [5.41, 5.74) is 4.34. The summed E-state index contributed by atoms with van der Waals surface area (Å²) in [4.78, 5) is 22.8. The number of carbonyl (C=O) groups is 2. The fraction of sp³-hybridized carbons (Fsp3) is 0.222. The lowest BCUT2D eigenvalue weighted by Gasteiger charge is -2.15. The minimum atomic E-state index is -1.26. The molecule has 0 fully saturated rings. The van der Waals surface area contributed by atoms with Gasteiger partial charge in [0.05, 0.1) is 0 Å². The van der Waals surface area contributed by atoms with Crippen LogP contribution >= 0.6 is 0 Å². The van der Waals surface area contributed by atoms with E-state index in [-0.39, 0.29) is 12.5 Å². The topological polar surface area (TPSA) is 75.6 Å². The zero-order valence-corrected chi connectivity index (χ0v) is 12.6. The van der Waals surface area contributed by atoms with Crippen molar-refractivity contribution in [3.63, 3.8) is 0 Å². The van der Waals surface area contributed by atoms with E-state index >= 15 is 0 Å². The second kappa shape index (κ2) is 6.12. The molecule has 2 aromatic carbocycles. The van der Waals surface area contributed by atoms with Crippen molar-refractivity contribution in [2.24, 2.45) is 0 Å². The molecule has 0 aromatic heterocycles. The average molecular weight is 312 g/mol. The van der Waals surface area contributed by atoms with Crippen LogP contribution in [0.15, 0.2) is 48.5 Å². The lowest BCUT2D eigenvalue weighted by Crippen LogP contribution is -2.39. The van der Waals surface area contributed by atoms with Crippen molar-refractivity contribution >= 4 is 12.1 Å². The van der Waals surface area contributed by atoms with Crippen molar-refractivity contribution in [2.75, 3.05) is 6.61 Å². The number of carboxylic acid groups (broad SMARTS) is 1. The van der Waals surface area contributed by atoms with Crippen molar-refractivity contribution < 1.29 is 20.8 Å². The molecule has 0 saturated heterocycles. The Morgan fingerprint density at radius 3 is 2.22 bits per heavy atom. The summed E-state index contributed by atoms with van der Waals surface area (Å²) in [5.74, 6) is -1.37. The van der Waals surface area contributed by atoms with Gasteiger partial charge >= 0.3 is 12.1 Å². The molecule has 1 aliphatic rings. The number of nitrogens with one attached hydrogen (secondary N) is 1.